The molecule has 2 heterocycles. The van der Waals surface area contributed by atoms with E-state index in [4.69, 9.17) is 25.8 Å². The Kier molecular flexibility index (Phi) is 5.81. The zero-order valence-electron chi connectivity index (χ0n) is 15.6. The van der Waals surface area contributed by atoms with Gasteiger partial charge in [-0.15, -0.1) is 0 Å². The number of halogens is 1. The molecule has 0 fully saturated rings. The number of nitrogens with zero attached hydrogens (tertiary/aromatic N) is 1. The van der Waals surface area contributed by atoms with Crippen LogP contribution in [0.1, 0.15) is 12.0 Å². The lowest BCUT2D eigenvalue weighted by Gasteiger charge is -2.13. The number of carbonyl (C=O) groups excluding carboxylic acids is 1. The van der Waals surface area contributed by atoms with Gasteiger partial charge in [0.2, 0.25) is 5.91 Å². The van der Waals surface area contributed by atoms with E-state index in [2.05, 4.69) is 10.3 Å². The number of anilines is 1. The molecule has 4 rings (SSSR count). The fourth-order valence-electron chi connectivity index (χ4n) is 2.95. The highest BCUT2D eigenvalue weighted by atomic mass is 35.5. The maximum absolute atomic E-state index is 12.6. The van der Waals surface area contributed by atoms with E-state index in [-0.39, 0.29) is 12.3 Å². The fraction of sp³-hybridized carbons (Fsp3) is 0.182. The Labute approximate surface area is 173 Å². The van der Waals surface area contributed by atoms with Crippen LogP contribution in [0.5, 0.6) is 23.0 Å². The Morgan fingerprint density at radius 3 is 2.83 bits per heavy atom. The number of fused-ring (bicyclic) bond motifs is 1. The van der Waals surface area contributed by atoms with Gasteiger partial charge in [0.15, 0.2) is 17.2 Å². The number of ether oxygens (including phenoxy) is 3. The topological polar surface area (TPSA) is 69.7 Å². The largest absolute Gasteiger partial charge is 0.489 e. The van der Waals surface area contributed by atoms with Crippen LogP contribution in [0.2, 0.25) is 5.02 Å². The predicted molar refractivity (Wildman–Crippen MR) is 110 cm³/mol. The van der Waals surface area contributed by atoms with E-state index in [0.717, 1.165) is 12.0 Å². The number of hydrogen-bond acceptors (Lipinski definition) is 5. The highest BCUT2D eigenvalue weighted by Gasteiger charge is 2.17. The smallest absolute Gasteiger partial charge is 0.228 e. The molecule has 1 aliphatic rings. The Morgan fingerprint density at radius 1 is 1.14 bits per heavy atom. The fourth-order valence-corrected chi connectivity index (χ4v) is 3.23. The molecule has 0 bridgehead atoms. The van der Waals surface area contributed by atoms with Crippen molar-refractivity contribution in [2.75, 3.05) is 18.5 Å². The Morgan fingerprint density at radius 2 is 1.97 bits per heavy atom. The number of aromatic nitrogens is 1. The van der Waals surface area contributed by atoms with Gasteiger partial charge in [0, 0.05) is 18.7 Å². The summed E-state index contributed by atoms with van der Waals surface area (Å²) in [6.45, 7) is 1.10. The second-order valence-electron chi connectivity index (χ2n) is 6.47. The van der Waals surface area contributed by atoms with E-state index in [1.165, 1.54) is 0 Å². The summed E-state index contributed by atoms with van der Waals surface area (Å²) >= 11 is 6.31. The minimum absolute atomic E-state index is 0.121. The molecule has 1 N–H and O–H groups in total. The van der Waals surface area contributed by atoms with E-state index < -0.39 is 0 Å². The van der Waals surface area contributed by atoms with Crippen LogP contribution in [0.3, 0.4) is 0 Å². The van der Waals surface area contributed by atoms with Crippen LogP contribution >= 0.6 is 11.6 Å². The van der Waals surface area contributed by atoms with Crippen molar-refractivity contribution in [3.63, 3.8) is 0 Å². The Hall–Kier alpha value is -3.25. The standard InChI is InChI=1S/C22H19ClN2O4/c23-17-11-15(12-20-22(17)28-10-4-9-27-20)13-21(26)25-18-14-24-8-7-19(18)29-16-5-2-1-3-6-16/h1-3,5-8,11-12,14H,4,9-10,13H2,(H,25,26). The normalized spacial score (nSPS) is 12.7. The van der Waals surface area contributed by atoms with Gasteiger partial charge in [-0.05, 0) is 29.8 Å². The summed E-state index contributed by atoms with van der Waals surface area (Å²) in [5.74, 6) is 2.05. The maximum atomic E-state index is 12.6. The lowest BCUT2D eigenvalue weighted by atomic mass is 10.1. The first-order chi connectivity index (χ1) is 14.2. The number of hydrogen-bond donors (Lipinski definition) is 1. The second-order valence-corrected chi connectivity index (χ2v) is 6.87. The van der Waals surface area contributed by atoms with Gasteiger partial charge in [0.1, 0.15) is 11.4 Å². The van der Waals surface area contributed by atoms with Gasteiger partial charge in [-0.1, -0.05) is 29.8 Å². The third-order valence-electron chi connectivity index (χ3n) is 4.25. The lowest BCUT2D eigenvalue weighted by molar-refractivity contribution is -0.115. The molecule has 7 heteroatoms. The maximum Gasteiger partial charge on any atom is 0.228 e. The van der Waals surface area contributed by atoms with Crippen molar-refractivity contribution in [3.8, 4) is 23.0 Å². The molecule has 0 spiro atoms. The van der Waals surface area contributed by atoms with E-state index in [1.807, 2.05) is 30.3 Å². The molecule has 1 amide bonds. The molecule has 1 aromatic heterocycles. The van der Waals surface area contributed by atoms with Gasteiger partial charge in [-0.3, -0.25) is 9.78 Å². The van der Waals surface area contributed by atoms with Crippen molar-refractivity contribution in [3.05, 3.63) is 71.5 Å². The van der Waals surface area contributed by atoms with Crippen molar-refractivity contribution in [2.24, 2.45) is 0 Å². The van der Waals surface area contributed by atoms with Gasteiger partial charge in [-0.2, -0.15) is 0 Å². The summed E-state index contributed by atoms with van der Waals surface area (Å²) in [7, 11) is 0. The highest BCUT2D eigenvalue weighted by Crippen LogP contribution is 2.38. The molecule has 29 heavy (non-hydrogen) atoms. The van der Waals surface area contributed by atoms with Gasteiger partial charge in [0.25, 0.3) is 0 Å². The van der Waals surface area contributed by atoms with Crippen LogP contribution in [0.4, 0.5) is 5.69 Å². The summed E-state index contributed by atoms with van der Waals surface area (Å²) in [5, 5.41) is 3.28. The molecule has 148 valence electrons. The third kappa shape index (κ3) is 4.78. The summed E-state index contributed by atoms with van der Waals surface area (Å²) in [4.78, 5) is 16.7. The average molecular weight is 411 g/mol. The van der Waals surface area contributed by atoms with Crippen LogP contribution in [0.15, 0.2) is 60.9 Å². The molecule has 1 aliphatic heterocycles. The van der Waals surface area contributed by atoms with Crippen molar-refractivity contribution < 1.29 is 19.0 Å². The van der Waals surface area contributed by atoms with Gasteiger partial charge < -0.3 is 19.5 Å². The van der Waals surface area contributed by atoms with Crippen molar-refractivity contribution >= 4 is 23.2 Å². The number of benzene rings is 2. The van der Waals surface area contributed by atoms with Crippen molar-refractivity contribution in [1.82, 2.24) is 4.98 Å². The molecule has 6 nitrogen and oxygen atoms in total. The predicted octanol–water partition coefficient (Wildman–Crippen LogP) is 4.87. The van der Waals surface area contributed by atoms with Gasteiger partial charge in [0.05, 0.1) is 30.9 Å². The first-order valence-corrected chi connectivity index (χ1v) is 9.61. The molecule has 0 saturated carbocycles. The summed E-state index contributed by atoms with van der Waals surface area (Å²) in [6.07, 6.45) is 4.07. The number of para-hydroxylation sites is 1. The number of rotatable bonds is 5. The number of carbonyl (C=O) groups is 1. The average Bonchev–Trinajstić information content (AvgIpc) is 2.96. The van der Waals surface area contributed by atoms with Crippen LogP contribution in [-0.4, -0.2) is 24.1 Å². The van der Waals surface area contributed by atoms with Crippen molar-refractivity contribution in [2.45, 2.75) is 12.8 Å². The first kappa shape index (κ1) is 19.1. The second kappa shape index (κ2) is 8.84. The minimum atomic E-state index is -0.221. The number of amides is 1. The highest BCUT2D eigenvalue weighted by molar-refractivity contribution is 6.32. The van der Waals surface area contributed by atoms with E-state index in [0.29, 0.717) is 46.9 Å². The molecular formula is C22H19ClN2O4. The van der Waals surface area contributed by atoms with E-state index in [1.54, 1.807) is 30.6 Å². The van der Waals surface area contributed by atoms with Crippen LogP contribution < -0.4 is 19.5 Å². The lowest BCUT2D eigenvalue weighted by Crippen LogP contribution is -2.15. The zero-order chi connectivity index (χ0) is 20.1. The van der Waals surface area contributed by atoms with Crippen molar-refractivity contribution in [1.29, 1.82) is 0 Å². The Bertz CT molecular complexity index is 1010. The quantitative estimate of drug-likeness (QED) is 0.649. The molecular weight excluding hydrogens is 392 g/mol. The first-order valence-electron chi connectivity index (χ1n) is 9.24. The third-order valence-corrected chi connectivity index (χ3v) is 4.53. The molecule has 0 atom stereocenters. The molecule has 0 aliphatic carbocycles. The van der Waals surface area contributed by atoms with E-state index >= 15 is 0 Å². The Balaban J connectivity index is 1.48. The summed E-state index contributed by atoms with van der Waals surface area (Å²) in [5.41, 5.74) is 1.22. The zero-order valence-corrected chi connectivity index (χ0v) is 16.3. The van der Waals surface area contributed by atoms with Crippen LogP contribution in [0, 0.1) is 0 Å². The summed E-state index contributed by atoms with van der Waals surface area (Å²) in [6, 6.07) is 14.6. The number of nitrogens with one attached hydrogen (secondary N) is 1. The number of pyridine rings is 1. The SMILES string of the molecule is O=C(Cc1cc(Cl)c2c(c1)OCCCO2)Nc1cnccc1Oc1ccccc1. The van der Waals surface area contributed by atoms with Crippen LogP contribution in [0.25, 0.3) is 0 Å². The minimum Gasteiger partial charge on any atom is -0.489 e. The van der Waals surface area contributed by atoms with Gasteiger partial charge in [-0.25, -0.2) is 0 Å². The molecule has 0 saturated heterocycles. The molecule has 2 aromatic carbocycles. The van der Waals surface area contributed by atoms with E-state index in [9.17, 15) is 4.79 Å². The monoisotopic (exact) mass is 410 g/mol. The molecule has 3 aromatic rings. The molecule has 0 radical (unpaired) electrons. The summed E-state index contributed by atoms with van der Waals surface area (Å²) < 4.78 is 17.2. The van der Waals surface area contributed by atoms with Crippen LogP contribution in [-0.2, 0) is 11.2 Å². The molecule has 0 unspecified atom stereocenters. The van der Waals surface area contributed by atoms with Gasteiger partial charge >= 0.3 is 0 Å².